The van der Waals surface area contributed by atoms with Crippen LogP contribution in [0.5, 0.6) is 0 Å². The molecular formula is C8H19NO4. The molecule has 5 nitrogen and oxygen atoms in total. The molecule has 80 valence electrons. The molecule has 0 aliphatic heterocycles. The van der Waals surface area contributed by atoms with Gasteiger partial charge in [-0.15, -0.1) is 0 Å². The third kappa shape index (κ3) is 8.14. The van der Waals surface area contributed by atoms with Crippen molar-refractivity contribution in [1.29, 1.82) is 0 Å². The second kappa shape index (κ2) is 8.40. The van der Waals surface area contributed by atoms with Gasteiger partial charge in [0.05, 0.1) is 25.9 Å². The summed E-state index contributed by atoms with van der Waals surface area (Å²) in [5.41, 5.74) is 5.15. The maximum atomic E-state index is 9.20. The number of ether oxygens (including phenoxy) is 2. The van der Waals surface area contributed by atoms with Gasteiger partial charge < -0.3 is 25.4 Å². The van der Waals surface area contributed by atoms with Gasteiger partial charge in [-0.25, -0.2) is 0 Å². The molecule has 13 heavy (non-hydrogen) atoms. The minimum absolute atomic E-state index is 0.152. The Morgan fingerprint density at radius 1 is 1.08 bits per heavy atom. The summed E-state index contributed by atoms with van der Waals surface area (Å²) in [4.78, 5) is 0. The third-order valence-electron chi connectivity index (χ3n) is 1.41. The normalized spacial score (nSPS) is 15.7. The molecule has 0 fully saturated rings. The highest BCUT2D eigenvalue weighted by atomic mass is 16.5. The van der Waals surface area contributed by atoms with Crippen molar-refractivity contribution < 1.29 is 19.7 Å². The summed E-state index contributed by atoms with van der Waals surface area (Å²) in [6.07, 6.45) is -1.29. The Kier molecular flexibility index (Phi) is 8.27. The summed E-state index contributed by atoms with van der Waals surface area (Å²) >= 11 is 0. The Labute approximate surface area is 78.4 Å². The summed E-state index contributed by atoms with van der Waals surface area (Å²) < 4.78 is 9.95. The van der Waals surface area contributed by atoms with Crippen molar-refractivity contribution in [2.45, 2.75) is 19.1 Å². The molecule has 0 bridgehead atoms. The van der Waals surface area contributed by atoms with Crippen molar-refractivity contribution >= 4 is 0 Å². The lowest BCUT2D eigenvalue weighted by molar-refractivity contribution is -0.0359. The Bertz CT molecular complexity index is 112. The van der Waals surface area contributed by atoms with Gasteiger partial charge in [-0.3, -0.25) is 0 Å². The fourth-order valence-electron chi connectivity index (χ4n) is 0.710. The van der Waals surface area contributed by atoms with E-state index in [9.17, 15) is 5.11 Å². The van der Waals surface area contributed by atoms with E-state index in [1.165, 1.54) is 0 Å². The highest BCUT2D eigenvalue weighted by molar-refractivity contribution is 4.55. The molecule has 0 amide bonds. The predicted molar refractivity (Wildman–Crippen MR) is 48.4 cm³/mol. The highest BCUT2D eigenvalue weighted by Gasteiger charge is 2.06. The van der Waals surface area contributed by atoms with Crippen LogP contribution in [-0.4, -0.2) is 55.4 Å². The first-order valence-corrected chi connectivity index (χ1v) is 4.42. The van der Waals surface area contributed by atoms with Gasteiger partial charge in [-0.05, 0) is 6.92 Å². The molecule has 0 aliphatic carbocycles. The first-order valence-electron chi connectivity index (χ1n) is 4.42. The van der Waals surface area contributed by atoms with Crippen LogP contribution in [0.3, 0.4) is 0 Å². The van der Waals surface area contributed by atoms with Crippen LogP contribution in [0.2, 0.25) is 0 Å². The van der Waals surface area contributed by atoms with Crippen molar-refractivity contribution in [3.8, 4) is 0 Å². The molecule has 0 aromatic heterocycles. The van der Waals surface area contributed by atoms with E-state index in [2.05, 4.69) is 0 Å². The Morgan fingerprint density at radius 2 is 1.62 bits per heavy atom. The molecule has 2 atom stereocenters. The quantitative estimate of drug-likeness (QED) is 0.447. The van der Waals surface area contributed by atoms with E-state index in [4.69, 9.17) is 20.3 Å². The van der Waals surface area contributed by atoms with Gasteiger partial charge in [-0.2, -0.15) is 0 Å². The average molecular weight is 193 g/mol. The van der Waals surface area contributed by atoms with E-state index < -0.39 is 12.2 Å². The maximum absolute atomic E-state index is 9.20. The standard InChI is InChI=1S/C8H19NO4/c1-2-12-5-8(11)6-13-4-7(10)3-9/h7-8,10-11H,2-6,9H2,1H3. The molecule has 0 spiro atoms. The second-order valence-corrected chi connectivity index (χ2v) is 2.74. The number of rotatable bonds is 8. The zero-order valence-electron chi connectivity index (χ0n) is 7.98. The smallest absolute Gasteiger partial charge is 0.101 e. The predicted octanol–water partition coefficient (Wildman–Crippen LogP) is -1.28. The van der Waals surface area contributed by atoms with Gasteiger partial charge in [0.15, 0.2) is 0 Å². The molecule has 2 unspecified atom stereocenters. The molecule has 0 aromatic carbocycles. The van der Waals surface area contributed by atoms with Crippen LogP contribution in [0.25, 0.3) is 0 Å². The van der Waals surface area contributed by atoms with Gasteiger partial charge in [0.1, 0.15) is 6.10 Å². The van der Waals surface area contributed by atoms with Crippen LogP contribution in [0.4, 0.5) is 0 Å². The summed E-state index contributed by atoms with van der Waals surface area (Å²) in [6, 6.07) is 0. The van der Waals surface area contributed by atoms with E-state index >= 15 is 0 Å². The van der Waals surface area contributed by atoms with E-state index in [-0.39, 0.29) is 26.4 Å². The van der Waals surface area contributed by atoms with Crippen LogP contribution in [0.15, 0.2) is 0 Å². The zero-order chi connectivity index (χ0) is 10.1. The molecule has 0 rings (SSSR count). The fourth-order valence-corrected chi connectivity index (χ4v) is 0.710. The number of aliphatic hydroxyl groups is 2. The van der Waals surface area contributed by atoms with Crippen LogP contribution in [-0.2, 0) is 9.47 Å². The lowest BCUT2D eigenvalue weighted by Gasteiger charge is -2.12. The minimum atomic E-state index is -0.653. The van der Waals surface area contributed by atoms with E-state index in [1.54, 1.807) is 0 Å². The molecule has 0 saturated heterocycles. The Hall–Kier alpha value is -0.200. The molecule has 0 saturated carbocycles. The molecule has 0 heterocycles. The largest absolute Gasteiger partial charge is 0.389 e. The number of hydrogen-bond donors (Lipinski definition) is 3. The lowest BCUT2D eigenvalue weighted by Crippen LogP contribution is -2.29. The zero-order valence-corrected chi connectivity index (χ0v) is 7.98. The monoisotopic (exact) mass is 193 g/mol. The summed E-state index contributed by atoms with van der Waals surface area (Å²) in [7, 11) is 0. The highest BCUT2D eigenvalue weighted by Crippen LogP contribution is 1.89. The summed E-state index contributed by atoms with van der Waals surface area (Å²) in [5.74, 6) is 0. The molecule has 5 heteroatoms. The molecule has 0 radical (unpaired) electrons. The van der Waals surface area contributed by atoms with Crippen molar-refractivity contribution in [2.24, 2.45) is 5.73 Å². The molecule has 0 aliphatic rings. The van der Waals surface area contributed by atoms with Gasteiger partial charge in [0.2, 0.25) is 0 Å². The van der Waals surface area contributed by atoms with Crippen molar-refractivity contribution in [2.75, 3.05) is 33.0 Å². The van der Waals surface area contributed by atoms with Gasteiger partial charge >= 0.3 is 0 Å². The summed E-state index contributed by atoms with van der Waals surface area (Å²) in [6.45, 7) is 3.17. The van der Waals surface area contributed by atoms with Gasteiger partial charge in [0, 0.05) is 13.2 Å². The number of hydrogen-bond acceptors (Lipinski definition) is 5. The van der Waals surface area contributed by atoms with Crippen LogP contribution >= 0.6 is 0 Å². The average Bonchev–Trinajstić information content (AvgIpc) is 2.14. The molecular weight excluding hydrogens is 174 g/mol. The molecule has 0 aromatic rings. The van der Waals surface area contributed by atoms with Crippen molar-refractivity contribution in [3.05, 3.63) is 0 Å². The first kappa shape index (κ1) is 12.8. The minimum Gasteiger partial charge on any atom is -0.389 e. The SMILES string of the molecule is CCOCC(O)COCC(O)CN. The lowest BCUT2D eigenvalue weighted by atomic mass is 10.4. The Morgan fingerprint density at radius 3 is 2.15 bits per heavy atom. The topological polar surface area (TPSA) is 84.9 Å². The second-order valence-electron chi connectivity index (χ2n) is 2.74. The fraction of sp³-hybridized carbons (Fsp3) is 1.00. The van der Waals surface area contributed by atoms with E-state index in [0.29, 0.717) is 6.61 Å². The maximum Gasteiger partial charge on any atom is 0.101 e. The van der Waals surface area contributed by atoms with E-state index in [0.717, 1.165) is 0 Å². The van der Waals surface area contributed by atoms with Crippen LogP contribution in [0, 0.1) is 0 Å². The van der Waals surface area contributed by atoms with Crippen LogP contribution in [0.1, 0.15) is 6.92 Å². The molecule has 4 N–H and O–H groups in total. The first-order chi connectivity index (χ1) is 6.20. The van der Waals surface area contributed by atoms with Crippen LogP contribution < -0.4 is 5.73 Å². The van der Waals surface area contributed by atoms with E-state index in [1.807, 2.05) is 6.92 Å². The third-order valence-corrected chi connectivity index (χ3v) is 1.41. The number of aliphatic hydroxyl groups excluding tert-OH is 2. The van der Waals surface area contributed by atoms with Crippen molar-refractivity contribution in [1.82, 2.24) is 0 Å². The number of nitrogens with two attached hydrogens (primary N) is 1. The van der Waals surface area contributed by atoms with Gasteiger partial charge in [0.25, 0.3) is 0 Å². The van der Waals surface area contributed by atoms with Gasteiger partial charge in [-0.1, -0.05) is 0 Å². The van der Waals surface area contributed by atoms with Crippen molar-refractivity contribution in [3.63, 3.8) is 0 Å². The summed E-state index contributed by atoms with van der Waals surface area (Å²) in [5, 5.41) is 18.2. The Balaban J connectivity index is 3.21.